The Morgan fingerprint density at radius 2 is 1.93 bits per heavy atom. The lowest BCUT2D eigenvalue weighted by molar-refractivity contribution is 0.0900. The minimum absolute atomic E-state index is 0.236. The first-order valence-corrected chi connectivity index (χ1v) is 14.1. The van der Waals surface area contributed by atoms with Crippen LogP contribution in [-0.4, -0.2) is 58.9 Å². The fourth-order valence-electron chi connectivity index (χ4n) is 6.55. The van der Waals surface area contributed by atoms with Crippen molar-refractivity contribution in [2.24, 2.45) is 18.9 Å². The predicted octanol–water partition coefficient (Wildman–Crippen LogP) is 4.15. The summed E-state index contributed by atoms with van der Waals surface area (Å²) in [5.41, 5.74) is 4.18. The second-order valence-corrected chi connectivity index (χ2v) is 11.8. The number of aryl methyl sites for hydroxylation is 1. The van der Waals surface area contributed by atoms with Gasteiger partial charge in [-0.05, 0) is 55.9 Å². The number of aromatic nitrogens is 7. The Bertz CT molecular complexity index is 1860. The zero-order valence-electron chi connectivity index (χ0n) is 23.1. The normalized spacial score (nSPS) is 21.4. The minimum Gasteiger partial charge on any atom is -0.355 e. The number of amides is 1. The molecule has 1 unspecified atom stereocenters. The van der Waals surface area contributed by atoms with Gasteiger partial charge in [0.05, 0.1) is 46.1 Å². The summed E-state index contributed by atoms with van der Waals surface area (Å²) in [4.78, 5) is 28.9. The highest BCUT2D eigenvalue weighted by molar-refractivity contribution is 6.33. The molecule has 0 aromatic carbocycles. The molecule has 1 N–H and O–H groups in total. The minimum atomic E-state index is -0.317. The van der Waals surface area contributed by atoms with E-state index in [-0.39, 0.29) is 17.1 Å². The number of hydrogen-bond acceptors (Lipinski definition) is 8. The van der Waals surface area contributed by atoms with Crippen LogP contribution < -0.4 is 10.2 Å². The summed E-state index contributed by atoms with van der Waals surface area (Å²) in [6, 6.07) is 9.55. The van der Waals surface area contributed by atoms with E-state index in [0.29, 0.717) is 33.6 Å². The van der Waals surface area contributed by atoms with Crippen LogP contribution in [0.15, 0.2) is 61.4 Å². The molecule has 7 rings (SSSR count). The number of nitriles is 1. The van der Waals surface area contributed by atoms with Crippen molar-refractivity contribution in [3.05, 3.63) is 77.7 Å². The molecule has 0 radical (unpaired) electrons. The summed E-state index contributed by atoms with van der Waals surface area (Å²) < 4.78 is 3.45. The maximum absolute atomic E-state index is 12.9. The van der Waals surface area contributed by atoms with Gasteiger partial charge in [-0.3, -0.25) is 14.5 Å². The summed E-state index contributed by atoms with van der Waals surface area (Å²) >= 11 is 6.19. The first kappa shape index (κ1) is 26.1. The average Bonchev–Trinajstić information content (AvgIpc) is 3.75. The van der Waals surface area contributed by atoms with Crippen LogP contribution in [0.25, 0.3) is 28.0 Å². The summed E-state index contributed by atoms with van der Waals surface area (Å²) in [5, 5.41) is 22.2. The Morgan fingerprint density at radius 1 is 1.12 bits per heavy atom. The number of halogens is 1. The van der Waals surface area contributed by atoms with Gasteiger partial charge in [0.25, 0.3) is 5.91 Å². The van der Waals surface area contributed by atoms with Crippen molar-refractivity contribution >= 4 is 28.8 Å². The van der Waals surface area contributed by atoms with E-state index in [1.807, 2.05) is 31.6 Å². The van der Waals surface area contributed by atoms with Gasteiger partial charge in [0.2, 0.25) is 0 Å². The Morgan fingerprint density at radius 3 is 2.60 bits per heavy atom. The van der Waals surface area contributed by atoms with Gasteiger partial charge in [0.15, 0.2) is 0 Å². The molecular formula is C30H27ClN10O. The zero-order chi connectivity index (χ0) is 29.0. The van der Waals surface area contributed by atoms with Crippen LogP contribution in [0.5, 0.6) is 0 Å². The molecule has 5 aromatic heterocycles. The summed E-state index contributed by atoms with van der Waals surface area (Å²) in [7, 11) is 1.87. The fraction of sp³-hybridized carbons (Fsp3) is 0.300. The molecule has 6 heterocycles. The van der Waals surface area contributed by atoms with Crippen molar-refractivity contribution in [1.82, 2.24) is 39.7 Å². The van der Waals surface area contributed by atoms with Crippen LogP contribution in [0, 0.1) is 23.2 Å². The highest BCUT2D eigenvalue weighted by atomic mass is 35.5. The second-order valence-electron chi connectivity index (χ2n) is 11.4. The molecule has 2 aliphatic rings. The van der Waals surface area contributed by atoms with Crippen LogP contribution in [0.3, 0.4) is 0 Å². The van der Waals surface area contributed by atoms with Crippen LogP contribution in [0.4, 0.5) is 5.82 Å². The molecule has 0 bridgehead atoms. The van der Waals surface area contributed by atoms with E-state index in [4.69, 9.17) is 21.6 Å². The van der Waals surface area contributed by atoms with Crippen LogP contribution in [-0.2, 0) is 7.05 Å². The van der Waals surface area contributed by atoms with Gasteiger partial charge in [-0.15, -0.1) is 0 Å². The molecule has 1 saturated heterocycles. The van der Waals surface area contributed by atoms with E-state index in [1.54, 1.807) is 46.1 Å². The molecule has 3 atom stereocenters. The number of hydrogen-bond donors (Lipinski definition) is 1. The maximum atomic E-state index is 12.9. The lowest BCUT2D eigenvalue weighted by Gasteiger charge is -2.28. The van der Waals surface area contributed by atoms with E-state index >= 15 is 0 Å². The lowest BCUT2D eigenvalue weighted by Crippen LogP contribution is -2.45. The van der Waals surface area contributed by atoms with Crippen molar-refractivity contribution in [2.75, 3.05) is 18.0 Å². The van der Waals surface area contributed by atoms with Gasteiger partial charge in [0.1, 0.15) is 17.6 Å². The molecule has 2 fully saturated rings. The third kappa shape index (κ3) is 4.54. The van der Waals surface area contributed by atoms with Crippen molar-refractivity contribution in [3.63, 3.8) is 0 Å². The Labute approximate surface area is 246 Å². The van der Waals surface area contributed by atoms with Crippen LogP contribution in [0.1, 0.15) is 35.8 Å². The van der Waals surface area contributed by atoms with Gasteiger partial charge in [-0.25, -0.2) is 14.5 Å². The van der Waals surface area contributed by atoms with Crippen LogP contribution >= 0.6 is 11.6 Å². The number of rotatable bonds is 5. The summed E-state index contributed by atoms with van der Waals surface area (Å²) in [5.74, 6) is 1.43. The standard InChI is InChI=1S/C30H27ClN10O/c1-30(37-29(42)27-23(31)4-3-6-33-27)9-19-15-40(16-20(19)10-30)26-14-34-25(13-35-26)22-8-18(24-5-7-39(2)38-24)17-41-28(22)21(11-32)12-36-41/h3-8,12-14,17,19-20H,9-10,15-16H2,1-2H3,(H,37,42)/t19-,20+,30?. The van der Waals surface area contributed by atoms with Crippen molar-refractivity contribution < 1.29 is 4.79 Å². The third-order valence-corrected chi connectivity index (χ3v) is 8.68. The number of carbonyl (C=O) groups is 1. The molecule has 11 nitrogen and oxygen atoms in total. The largest absolute Gasteiger partial charge is 0.355 e. The highest BCUT2D eigenvalue weighted by Gasteiger charge is 2.48. The van der Waals surface area contributed by atoms with Gasteiger partial charge in [0, 0.05) is 55.4 Å². The molecule has 1 aliphatic carbocycles. The van der Waals surface area contributed by atoms with Crippen molar-refractivity contribution in [1.29, 1.82) is 5.26 Å². The zero-order valence-corrected chi connectivity index (χ0v) is 23.8. The number of anilines is 1. The van der Waals surface area contributed by atoms with E-state index in [0.717, 1.165) is 48.6 Å². The third-order valence-electron chi connectivity index (χ3n) is 8.37. The number of fused-ring (bicyclic) bond motifs is 2. The molecule has 1 aliphatic heterocycles. The molecule has 210 valence electrons. The Balaban J connectivity index is 1.09. The first-order chi connectivity index (χ1) is 20.3. The van der Waals surface area contributed by atoms with E-state index in [2.05, 4.69) is 38.4 Å². The lowest BCUT2D eigenvalue weighted by atomic mass is 9.97. The predicted molar refractivity (Wildman–Crippen MR) is 157 cm³/mol. The van der Waals surface area contributed by atoms with Gasteiger partial charge < -0.3 is 10.2 Å². The number of carbonyl (C=O) groups excluding carboxylic acids is 1. The highest BCUT2D eigenvalue weighted by Crippen LogP contribution is 2.45. The molecule has 12 heteroatoms. The smallest absolute Gasteiger partial charge is 0.271 e. The van der Waals surface area contributed by atoms with Gasteiger partial charge in [-0.1, -0.05) is 11.6 Å². The van der Waals surface area contributed by atoms with Crippen molar-refractivity contribution in [3.8, 4) is 28.6 Å². The number of nitrogens with zero attached hydrogens (tertiary/aromatic N) is 9. The SMILES string of the molecule is Cn1ccc(-c2cc(-c3cnc(N4C[C@@H]5CC(C)(NC(=O)c6ncccc6Cl)C[C@@H]5C4)cn3)c3c(C#N)cnn3c2)n1. The fourth-order valence-corrected chi connectivity index (χ4v) is 6.76. The topological polar surface area (TPSA) is 130 Å². The van der Waals surface area contributed by atoms with E-state index in [9.17, 15) is 10.1 Å². The first-order valence-electron chi connectivity index (χ1n) is 13.7. The quantitative estimate of drug-likeness (QED) is 0.329. The molecule has 1 saturated carbocycles. The summed E-state index contributed by atoms with van der Waals surface area (Å²) in [6.45, 7) is 3.79. The molecule has 5 aromatic rings. The van der Waals surface area contributed by atoms with E-state index < -0.39 is 0 Å². The average molecular weight is 579 g/mol. The number of pyridine rings is 2. The Kier molecular flexibility index (Phi) is 6.17. The summed E-state index contributed by atoms with van der Waals surface area (Å²) in [6.07, 6.45) is 12.2. The van der Waals surface area contributed by atoms with E-state index in [1.165, 1.54) is 0 Å². The second kappa shape index (κ2) is 9.92. The Hall–Kier alpha value is -4.82. The van der Waals surface area contributed by atoms with Crippen molar-refractivity contribution in [2.45, 2.75) is 25.3 Å². The monoisotopic (exact) mass is 578 g/mol. The van der Waals surface area contributed by atoms with Crippen LogP contribution in [0.2, 0.25) is 5.02 Å². The molecule has 42 heavy (non-hydrogen) atoms. The van der Waals surface area contributed by atoms with Gasteiger partial charge >= 0.3 is 0 Å². The molecule has 1 amide bonds. The molecule has 0 spiro atoms. The molecular weight excluding hydrogens is 552 g/mol. The maximum Gasteiger partial charge on any atom is 0.271 e. The number of nitrogens with one attached hydrogen (secondary N) is 1. The van der Waals surface area contributed by atoms with Gasteiger partial charge in [-0.2, -0.15) is 15.5 Å².